The molecule has 5 rings (SSSR count). The van der Waals surface area contributed by atoms with Gasteiger partial charge in [0.2, 0.25) is 5.91 Å². The summed E-state index contributed by atoms with van der Waals surface area (Å²) in [6.45, 7) is 4.04. The van der Waals surface area contributed by atoms with Crippen LogP contribution in [0.3, 0.4) is 0 Å². The Hall–Kier alpha value is -4.20. The zero-order valence-corrected chi connectivity index (χ0v) is 19.5. The predicted molar refractivity (Wildman–Crippen MR) is 128 cm³/mol. The zero-order valence-electron chi connectivity index (χ0n) is 19.5. The molecule has 0 bridgehead atoms. The lowest BCUT2D eigenvalue weighted by atomic mass is 9.93. The SMILES string of the molecule is Cc1ccccc1CNC(=O)[C@]1(C)Cn2nc(-c3ccco3)cc2C(=O)N1Cc1ccccc1F. The first-order valence-electron chi connectivity index (χ1n) is 11.4. The Balaban J connectivity index is 1.51. The molecular weight excluding hydrogens is 447 g/mol. The Bertz CT molecular complexity index is 1400. The summed E-state index contributed by atoms with van der Waals surface area (Å²) in [5.41, 5.74) is 1.87. The molecule has 0 spiro atoms. The van der Waals surface area contributed by atoms with Crippen LogP contribution < -0.4 is 5.32 Å². The largest absolute Gasteiger partial charge is 0.463 e. The molecule has 0 fully saturated rings. The minimum Gasteiger partial charge on any atom is -0.463 e. The summed E-state index contributed by atoms with van der Waals surface area (Å²) in [5.74, 6) is -0.658. The van der Waals surface area contributed by atoms with E-state index < -0.39 is 17.3 Å². The second-order valence-electron chi connectivity index (χ2n) is 8.92. The second-order valence-corrected chi connectivity index (χ2v) is 8.92. The molecule has 7 nitrogen and oxygen atoms in total. The molecule has 1 atom stereocenters. The van der Waals surface area contributed by atoms with E-state index in [-0.39, 0.29) is 19.0 Å². The molecular formula is C27H25FN4O3. The molecule has 2 aromatic heterocycles. The highest BCUT2D eigenvalue weighted by Crippen LogP contribution is 2.32. The molecule has 0 saturated carbocycles. The number of hydrogen-bond donors (Lipinski definition) is 1. The van der Waals surface area contributed by atoms with E-state index in [0.29, 0.717) is 29.3 Å². The lowest BCUT2D eigenvalue weighted by molar-refractivity contribution is -0.133. The fourth-order valence-corrected chi connectivity index (χ4v) is 4.41. The first-order valence-corrected chi connectivity index (χ1v) is 11.4. The van der Waals surface area contributed by atoms with Crippen molar-refractivity contribution in [3.8, 4) is 11.5 Å². The van der Waals surface area contributed by atoms with Crippen LogP contribution in [0.4, 0.5) is 4.39 Å². The van der Waals surface area contributed by atoms with Crippen molar-refractivity contribution in [1.29, 1.82) is 0 Å². The molecule has 4 aromatic rings. The summed E-state index contributed by atoms with van der Waals surface area (Å²) in [6, 6.07) is 19.2. The van der Waals surface area contributed by atoms with E-state index in [1.807, 2.05) is 31.2 Å². The number of hydrogen-bond acceptors (Lipinski definition) is 4. The second kappa shape index (κ2) is 8.87. The van der Waals surface area contributed by atoms with Gasteiger partial charge in [0.05, 0.1) is 19.4 Å². The van der Waals surface area contributed by atoms with Gasteiger partial charge in [0.15, 0.2) is 5.76 Å². The molecule has 0 unspecified atom stereocenters. The third kappa shape index (κ3) is 4.12. The number of nitrogens with one attached hydrogen (secondary N) is 1. The predicted octanol–water partition coefficient (Wildman–Crippen LogP) is 4.32. The summed E-state index contributed by atoms with van der Waals surface area (Å²) in [6.07, 6.45) is 1.53. The van der Waals surface area contributed by atoms with Crippen molar-refractivity contribution in [3.63, 3.8) is 0 Å². The lowest BCUT2D eigenvalue weighted by Crippen LogP contribution is -2.63. The normalized spacial score (nSPS) is 17.3. The van der Waals surface area contributed by atoms with Crippen molar-refractivity contribution in [2.75, 3.05) is 0 Å². The zero-order chi connectivity index (χ0) is 24.6. The lowest BCUT2D eigenvalue weighted by Gasteiger charge is -2.43. The Morgan fingerprint density at radius 1 is 1.11 bits per heavy atom. The molecule has 0 saturated heterocycles. The number of benzene rings is 2. The molecule has 0 radical (unpaired) electrons. The van der Waals surface area contributed by atoms with Gasteiger partial charge in [-0.05, 0) is 43.2 Å². The smallest absolute Gasteiger partial charge is 0.273 e. The third-order valence-corrected chi connectivity index (χ3v) is 6.55. The van der Waals surface area contributed by atoms with Crippen molar-refractivity contribution in [2.45, 2.75) is 39.0 Å². The number of rotatable bonds is 6. The minimum atomic E-state index is -1.30. The summed E-state index contributed by atoms with van der Waals surface area (Å²) in [7, 11) is 0. The summed E-state index contributed by atoms with van der Waals surface area (Å²) in [4.78, 5) is 28.8. The van der Waals surface area contributed by atoms with Crippen LogP contribution in [-0.4, -0.2) is 32.0 Å². The van der Waals surface area contributed by atoms with Crippen molar-refractivity contribution < 1.29 is 18.4 Å². The van der Waals surface area contributed by atoms with E-state index in [1.165, 1.54) is 21.9 Å². The van der Waals surface area contributed by atoms with Crippen LogP contribution in [0, 0.1) is 12.7 Å². The standard InChI is InChI=1S/C27H25FN4O3/c1-18-8-3-4-9-19(18)15-29-26(34)27(2)17-32-23(14-22(30-32)24-12-7-13-35-24)25(33)31(27)16-20-10-5-6-11-21(20)28/h3-14H,15-17H2,1-2H3,(H,29,34)/t27-/m0/s1. The highest BCUT2D eigenvalue weighted by atomic mass is 19.1. The first kappa shape index (κ1) is 22.6. The van der Waals surface area contributed by atoms with Gasteiger partial charge in [-0.15, -0.1) is 0 Å². The summed E-state index contributed by atoms with van der Waals surface area (Å²) in [5, 5.41) is 7.51. The number of fused-ring (bicyclic) bond motifs is 1. The molecule has 2 aromatic carbocycles. The van der Waals surface area contributed by atoms with Crippen LogP contribution in [0.5, 0.6) is 0 Å². The van der Waals surface area contributed by atoms with Gasteiger partial charge in [-0.2, -0.15) is 5.10 Å². The number of halogens is 1. The maximum atomic E-state index is 14.6. The molecule has 3 heterocycles. The maximum absolute atomic E-state index is 14.6. The Morgan fingerprint density at radius 2 is 1.86 bits per heavy atom. The van der Waals surface area contributed by atoms with Gasteiger partial charge in [-0.1, -0.05) is 42.5 Å². The van der Waals surface area contributed by atoms with Crippen LogP contribution in [0.2, 0.25) is 0 Å². The van der Waals surface area contributed by atoms with Crippen molar-refractivity contribution in [2.24, 2.45) is 0 Å². The average molecular weight is 473 g/mol. The molecule has 1 aliphatic rings. The molecule has 35 heavy (non-hydrogen) atoms. The van der Waals surface area contributed by atoms with E-state index in [2.05, 4.69) is 10.4 Å². The molecule has 1 aliphatic heterocycles. The van der Waals surface area contributed by atoms with E-state index in [0.717, 1.165) is 11.1 Å². The third-order valence-electron chi connectivity index (χ3n) is 6.55. The Labute approximate surface area is 202 Å². The highest BCUT2D eigenvalue weighted by Gasteiger charge is 2.48. The summed E-state index contributed by atoms with van der Waals surface area (Å²) >= 11 is 0. The number of aryl methyl sites for hydroxylation is 1. The van der Waals surface area contributed by atoms with E-state index >= 15 is 0 Å². The topological polar surface area (TPSA) is 80.4 Å². The first-order chi connectivity index (χ1) is 16.9. The van der Waals surface area contributed by atoms with Gasteiger partial charge in [0.25, 0.3) is 5.91 Å². The molecule has 2 amide bonds. The van der Waals surface area contributed by atoms with E-state index in [9.17, 15) is 14.0 Å². The van der Waals surface area contributed by atoms with Gasteiger partial charge in [0, 0.05) is 18.2 Å². The quantitative estimate of drug-likeness (QED) is 0.453. The van der Waals surface area contributed by atoms with E-state index in [1.54, 1.807) is 43.3 Å². The number of carbonyl (C=O) groups excluding carboxylic acids is 2. The number of carbonyl (C=O) groups is 2. The number of amides is 2. The minimum absolute atomic E-state index is 0.0545. The van der Waals surface area contributed by atoms with Gasteiger partial charge >= 0.3 is 0 Å². The van der Waals surface area contributed by atoms with Gasteiger partial charge < -0.3 is 14.6 Å². The van der Waals surface area contributed by atoms with Crippen molar-refractivity contribution >= 4 is 11.8 Å². The monoisotopic (exact) mass is 472 g/mol. The van der Waals surface area contributed by atoms with Crippen molar-refractivity contribution in [3.05, 3.63) is 101 Å². The van der Waals surface area contributed by atoms with E-state index in [4.69, 9.17) is 4.42 Å². The average Bonchev–Trinajstić information content (AvgIpc) is 3.52. The fraction of sp³-hybridized carbons (Fsp3) is 0.222. The molecule has 0 aliphatic carbocycles. The number of aromatic nitrogens is 2. The number of nitrogens with zero attached hydrogens (tertiary/aromatic N) is 3. The van der Waals surface area contributed by atoms with Crippen LogP contribution in [0.1, 0.15) is 34.1 Å². The maximum Gasteiger partial charge on any atom is 0.273 e. The molecule has 8 heteroatoms. The van der Waals surface area contributed by atoms with Gasteiger partial charge in [-0.25, -0.2) is 4.39 Å². The number of furan rings is 1. The highest BCUT2D eigenvalue weighted by molar-refractivity contribution is 6.00. The Morgan fingerprint density at radius 3 is 2.57 bits per heavy atom. The van der Waals surface area contributed by atoms with Gasteiger partial charge in [0.1, 0.15) is 22.7 Å². The van der Waals surface area contributed by atoms with Crippen molar-refractivity contribution in [1.82, 2.24) is 20.0 Å². The van der Waals surface area contributed by atoms with Crippen LogP contribution in [0.25, 0.3) is 11.5 Å². The Kier molecular flexibility index (Phi) is 5.72. The van der Waals surface area contributed by atoms with Crippen LogP contribution in [0.15, 0.2) is 77.4 Å². The fourth-order valence-electron chi connectivity index (χ4n) is 4.41. The molecule has 178 valence electrons. The van der Waals surface area contributed by atoms with Crippen LogP contribution >= 0.6 is 0 Å². The van der Waals surface area contributed by atoms with Crippen LogP contribution in [-0.2, 0) is 24.4 Å². The van der Waals surface area contributed by atoms with Gasteiger partial charge in [-0.3, -0.25) is 14.3 Å². The molecule has 1 N–H and O–H groups in total. The summed E-state index contributed by atoms with van der Waals surface area (Å²) < 4.78 is 21.5.